The van der Waals surface area contributed by atoms with Crippen molar-refractivity contribution >= 4 is 17.4 Å². The normalized spacial score (nSPS) is 18.2. The number of ketones is 1. The third kappa shape index (κ3) is 4.70. The van der Waals surface area contributed by atoms with Crippen LogP contribution >= 0.6 is 0 Å². The number of nitrogens with zero attached hydrogens (tertiary/aromatic N) is 3. The van der Waals surface area contributed by atoms with Crippen LogP contribution in [0.15, 0.2) is 29.8 Å². The number of likely N-dealkylation sites (tertiary alicyclic amines) is 1. The number of aryl methyl sites for hydroxylation is 2. The molecule has 1 aromatic heterocycles. The van der Waals surface area contributed by atoms with Crippen LogP contribution < -0.4 is 4.74 Å². The number of carbonyl (C=O) groups is 2. The number of Topliss-reactive ketones (excluding diaryl/α,β-unsaturated/α-hetero) is 1. The Morgan fingerprint density at radius 1 is 1.28 bits per heavy atom. The maximum atomic E-state index is 13.1. The van der Waals surface area contributed by atoms with Gasteiger partial charge in [-0.1, -0.05) is 12.1 Å². The molecule has 3 rings (SSSR count). The highest BCUT2D eigenvalue weighted by Gasteiger charge is 2.46. The number of carbonyl (C=O) groups excluding carboxylic acids is 2. The predicted octanol–water partition coefficient (Wildman–Crippen LogP) is 3.19. The fourth-order valence-electron chi connectivity index (χ4n) is 4.08. The van der Waals surface area contributed by atoms with Crippen LogP contribution in [-0.4, -0.2) is 70.1 Å². The monoisotopic (exact) mass is 440 g/mol. The van der Waals surface area contributed by atoms with Gasteiger partial charge >= 0.3 is 0 Å². The van der Waals surface area contributed by atoms with Crippen LogP contribution in [0.2, 0.25) is 0 Å². The molecule has 1 aromatic carbocycles. The molecule has 1 aliphatic rings. The number of aromatic nitrogens is 2. The molecule has 8 heteroatoms. The van der Waals surface area contributed by atoms with Gasteiger partial charge in [0.1, 0.15) is 11.5 Å². The molecule has 172 valence electrons. The van der Waals surface area contributed by atoms with Gasteiger partial charge in [-0.05, 0) is 72.5 Å². The second kappa shape index (κ2) is 9.56. The third-order valence-corrected chi connectivity index (χ3v) is 5.45. The average Bonchev–Trinajstić information content (AvgIpc) is 3.18. The number of amides is 1. The fraction of sp³-hybridized carbons (Fsp3) is 0.458. The van der Waals surface area contributed by atoms with Gasteiger partial charge in [0, 0.05) is 12.2 Å². The van der Waals surface area contributed by atoms with Gasteiger partial charge in [0.2, 0.25) is 0 Å². The second-order valence-electron chi connectivity index (χ2n) is 8.70. The van der Waals surface area contributed by atoms with Gasteiger partial charge in [-0.2, -0.15) is 5.10 Å². The standard InChI is InChI=1S/C24H32N4O4/c1-14(2)32-18-10-7-9-17(13-18)21-20(22(29)19-15(3)25-26-16(19)4)23(30)24(31)28(21)12-8-11-27(5)6/h7,9-10,13-14,21,29H,8,11-12H2,1-6H3,(H,25,26)/t21-/m0/s1. The minimum Gasteiger partial charge on any atom is -0.507 e. The molecule has 0 spiro atoms. The van der Waals surface area contributed by atoms with E-state index < -0.39 is 17.7 Å². The lowest BCUT2D eigenvalue weighted by Gasteiger charge is -2.26. The molecule has 1 saturated heterocycles. The minimum absolute atomic E-state index is 0.0204. The predicted molar refractivity (Wildman–Crippen MR) is 122 cm³/mol. The first kappa shape index (κ1) is 23.5. The fourth-order valence-corrected chi connectivity index (χ4v) is 4.08. The third-order valence-electron chi connectivity index (χ3n) is 5.45. The van der Waals surface area contributed by atoms with E-state index >= 15 is 0 Å². The molecule has 2 N–H and O–H groups in total. The lowest BCUT2D eigenvalue weighted by molar-refractivity contribution is -0.139. The molecule has 0 radical (unpaired) electrons. The summed E-state index contributed by atoms with van der Waals surface area (Å²) in [6, 6.07) is 6.65. The molecule has 1 aliphatic heterocycles. The van der Waals surface area contributed by atoms with Crippen LogP contribution in [0.25, 0.3) is 5.76 Å². The van der Waals surface area contributed by atoms with Crippen LogP contribution in [-0.2, 0) is 9.59 Å². The molecular formula is C24H32N4O4. The van der Waals surface area contributed by atoms with Gasteiger partial charge in [0.05, 0.1) is 29.0 Å². The summed E-state index contributed by atoms with van der Waals surface area (Å²) >= 11 is 0. The van der Waals surface area contributed by atoms with Gasteiger partial charge < -0.3 is 19.6 Å². The molecule has 1 atom stereocenters. The number of hydrogen-bond donors (Lipinski definition) is 2. The Morgan fingerprint density at radius 3 is 2.59 bits per heavy atom. The Bertz CT molecular complexity index is 1020. The number of ether oxygens (including phenoxy) is 1. The highest BCUT2D eigenvalue weighted by Crippen LogP contribution is 2.41. The summed E-state index contributed by atoms with van der Waals surface area (Å²) in [6.45, 7) is 8.55. The smallest absolute Gasteiger partial charge is 0.295 e. The summed E-state index contributed by atoms with van der Waals surface area (Å²) in [7, 11) is 3.92. The Labute approximate surface area is 188 Å². The summed E-state index contributed by atoms with van der Waals surface area (Å²) in [5.41, 5.74) is 2.45. The van der Waals surface area contributed by atoms with E-state index in [0.717, 1.165) is 6.54 Å². The number of benzene rings is 1. The van der Waals surface area contributed by atoms with Crippen molar-refractivity contribution in [3.63, 3.8) is 0 Å². The van der Waals surface area contributed by atoms with Crippen LogP contribution in [0.5, 0.6) is 5.75 Å². The zero-order valence-electron chi connectivity index (χ0n) is 19.6. The zero-order valence-corrected chi connectivity index (χ0v) is 19.6. The highest BCUT2D eigenvalue weighted by molar-refractivity contribution is 6.46. The topological polar surface area (TPSA) is 98.8 Å². The van der Waals surface area contributed by atoms with E-state index in [-0.39, 0.29) is 17.4 Å². The van der Waals surface area contributed by atoms with E-state index in [4.69, 9.17) is 4.74 Å². The first-order chi connectivity index (χ1) is 15.1. The first-order valence-corrected chi connectivity index (χ1v) is 10.8. The van der Waals surface area contributed by atoms with E-state index in [0.29, 0.717) is 41.2 Å². The molecule has 2 heterocycles. The SMILES string of the molecule is Cc1n[nH]c(C)c1C(O)=C1C(=O)C(=O)N(CCCN(C)C)[C@H]1c1cccc(OC(C)C)c1. The van der Waals surface area contributed by atoms with Crippen molar-refractivity contribution < 1.29 is 19.4 Å². The number of aliphatic hydroxyl groups excluding tert-OH is 1. The molecule has 0 aliphatic carbocycles. The maximum Gasteiger partial charge on any atom is 0.295 e. The minimum atomic E-state index is -0.707. The molecule has 0 unspecified atom stereocenters. The summed E-state index contributed by atoms with van der Waals surface area (Å²) < 4.78 is 5.83. The summed E-state index contributed by atoms with van der Waals surface area (Å²) in [5, 5.41) is 18.2. The van der Waals surface area contributed by atoms with Gasteiger partial charge in [0.25, 0.3) is 11.7 Å². The van der Waals surface area contributed by atoms with Crippen molar-refractivity contribution in [2.75, 3.05) is 27.2 Å². The number of aliphatic hydroxyl groups is 1. The molecule has 0 saturated carbocycles. The summed E-state index contributed by atoms with van der Waals surface area (Å²) in [6.07, 6.45) is 0.677. The Balaban J connectivity index is 2.13. The number of rotatable bonds is 8. The van der Waals surface area contributed by atoms with E-state index in [1.54, 1.807) is 18.7 Å². The quantitative estimate of drug-likeness (QED) is 0.372. The Hall–Kier alpha value is -3.13. The molecule has 32 heavy (non-hydrogen) atoms. The molecule has 0 bridgehead atoms. The van der Waals surface area contributed by atoms with Crippen LogP contribution in [0.4, 0.5) is 0 Å². The first-order valence-electron chi connectivity index (χ1n) is 10.8. The lowest BCUT2D eigenvalue weighted by atomic mass is 9.94. The van der Waals surface area contributed by atoms with Gasteiger partial charge in [-0.3, -0.25) is 14.7 Å². The van der Waals surface area contributed by atoms with Crippen molar-refractivity contribution in [2.45, 2.75) is 46.3 Å². The number of H-pyrrole nitrogens is 1. The highest BCUT2D eigenvalue weighted by atomic mass is 16.5. The van der Waals surface area contributed by atoms with E-state index in [9.17, 15) is 14.7 Å². The largest absolute Gasteiger partial charge is 0.507 e. The van der Waals surface area contributed by atoms with E-state index in [2.05, 4.69) is 10.2 Å². The molecule has 1 fully saturated rings. The van der Waals surface area contributed by atoms with Gasteiger partial charge in [0.15, 0.2) is 0 Å². The van der Waals surface area contributed by atoms with E-state index in [1.165, 1.54) is 0 Å². The second-order valence-corrected chi connectivity index (χ2v) is 8.70. The molecular weight excluding hydrogens is 408 g/mol. The van der Waals surface area contributed by atoms with Crippen LogP contribution in [0.3, 0.4) is 0 Å². The van der Waals surface area contributed by atoms with Crippen molar-refractivity contribution in [2.24, 2.45) is 0 Å². The van der Waals surface area contributed by atoms with Crippen molar-refractivity contribution in [1.29, 1.82) is 0 Å². The number of nitrogens with one attached hydrogen (secondary N) is 1. The molecule has 2 aromatic rings. The van der Waals surface area contributed by atoms with Crippen LogP contribution in [0, 0.1) is 13.8 Å². The summed E-state index contributed by atoms with van der Waals surface area (Å²) in [5.74, 6) is -0.855. The lowest BCUT2D eigenvalue weighted by Crippen LogP contribution is -2.32. The van der Waals surface area contributed by atoms with E-state index in [1.807, 2.05) is 57.1 Å². The number of aromatic amines is 1. The average molecular weight is 441 g/mol. The van der Waals surface area contributed by atoms with Gasteiger partial charge in [-0.25, -0.2) is 0 Å². The zero-order chi connectivity index (χ0) is 23.6. The molecule has 1 amide bonds. The van der Waals surface area contributed by atoms with Gasteiger partial charge in [-0.15, -0.1) is 0 Å². The number of hydrogen-bond acceptors (Lipinski definition) is 6. The van der Waals surface area contributed by atoms with Crippen molar-refractivity contribution in [1.82, 2.24) is 20.0 Å². The van der Waals surface area contributed by atoms with Crippen molar-refractivity contribution in [3.05, 3.63) is 52.4 Å². The van der Waals surface area contributed by atoms with Crippen molar-refractivity contribution in [3.8, 4) is 5.75 Å². The maximum absolute atomic E-state index is 13.1. The molecule has 8 nitrogen and oxygen atoms in total. The Kier molecular flexibility index (Phi) is 7.03. The summed E-state index contributed by atoms with van der Waals surface area (Å²) in [4.78, 5) is 29.8. The van der Waals surface area contributed by atoms with Crippen LogP contribution in [0.1, 0.15) is 48.8 Å². The Morgan fingerprint density at radius 2 is 2.00 bits per heavy atom.